The molecule has 0 amide bonds. The number of allylic oxidation sites excluding steroid dienone is 1. The second kappa shape index (κ2) is 5.24. The van der Waals surface area contributed by atoms with Crippen molar-refractivity contribution in [1.82, 2.24) is 4.90 Å². The number of hydrogen-bond donors (Lipinski definition) is 0. The maximum absolute atomic E-state index is 12.0. The summed E-state index contributed by atoms with van der Waals surface area (Å²) in [5, 5.41) is 0. The minimum atomic E-state index is -0.572. The van der Waals surface area contributed by atoms with Crippen LogP contribution in [-0.2, 0) is 23.7 Å². The number of carbonyl (C=O) groups is 1. The van der Waals surface area contributed by atoms with Crippen molar-refractivity contribution in [3.63, 3.8) is 0 Å². The van der Waals surface area contributed by atoms with Gasteiger partial charge in [-0.25, -0.2) is 4.79 Å². The fourth-order valence-corrected chi connectivity index (χ4v) is 5.65. The molecule has 5 aliphatic heterocycles. The van der Waals surface area contributed by atoms with Crippen molar-refractivity contribution < 1.29 is 23.7 Å². The van der Waals surface area contributed by atoms with E-state index < -0.39 is 5.79 Å². The van der Waals surface area contributed by atoms with Gasteiger partial charge >= 0.3 is 5.97 Å². The summed E-state index contributed by atoms with van der Waals surface area (Å²) in [5.41, 5.74) is 0.497. The first-order valence-corrected chi connectivity index (χ1v) is 9.38. The number of rotatable bonds is 1. The summed E-state index contributed by atoms with van der Waals surface area (Å²) in [5.74, 6) is 1.15. The molecule has 6 nitrogen and oxygen atoms in total. The first-order chi connectivity index (χ1) is 12.1. The molecule has 2 bridgehead atoms. The lowest BCUT2D eigenvalue weighted by molar-refractivity contribution is -0.210. The zero-order valence-corrected chi connectivity index (χ0v) is 15.0. The van der Waals surface area contributed by atoms with Gasteiger partial charge in [-0.1, -0.05) is 6.92 Å². The van der Waals surface area contributed by atoms with E-state index in [-0.39, 0.29) is 23.9 Å². The Morgan fingerprint density at radius 1 is 1.28 bits per heavy atom. The van der Waals surface area contributed by atoms with E-state index in [1.807, 2.05) is 0 Å². The molecule has 0 aromatic carbocycles. The summed E-state index contributed by atoms with van der Waals surface area (Å²) in [4.78, 5) is 14.6. The molecule has 4 saturated heterocycles. The molecule has 5 heterocycles. The molecule has 5 rings (SSSR count). The molecular formula is C19H25NO5. The second-order valence-electron chi connectivity index (χ2n) is 7.90. The molecule has 136 valence electrons. The molecular weight excluding hydrogens is 322 g/mol. The number of nitrogens with zero attached hydrogens (tertiary/aromatic N) is 1. The van der Waals surface area contributed by atoms with Gasteiger partial charge in [0, 0.05) is 18.4 Å². The molecule has 0 radical (unpaired) electrons. The van der Waals surface area contributed by atoms with Crippen LogP contribution in [0.3, 0.4) is 0 Å². The maximum Gasteiger partial charge on any atom is 0.343 e. The van der Waals surface area contributed by atoms with Crippen LogP contribution in [0.25, 0.3) is 0 Å². The smallest absolute Gasteiger partial charge is 0.343 e. The van der Waals surface area contributed by atoms with E-state index in [0.29, 0.717) is 23.1 Å². The van der Waals surface area contributed by atoms with Gasteiger partial charge in [-0.3, -0.25) is 4.90 Å². The summed E-state index contributed by atoms with van der Waals surface area (Å²) < 4.78 is 24.0. The van der Waals surface area contributed by atoms with E-state index in [2.05, 4.69) is 11.8 Å². The van der Waals surface area contributed by atoms with Gasteiger partial charge in [0.2, 0.25) is 11.5 Å². The van der Waals surface area contributed by atoms with Gasteiger partial charge in [0.25, 0.3) is 0 Å². The van der Waals surface area contributed by atoms with Gasteiger partial charge in [0.15, 0.2) is 5.76 Å². The Kier molecular flexibility index (Phi) is 3.29. The largest absolute Gasteiger partial charge is 0.492 e. The number of methoxy groups -OCH3 is 1. The number of ether oxygens (including phenoxy) is 4. The van der Waals surface area contributed by atoms with Crippen LogP contribution in [0, 0.1) is 11.8 Å². The number of esters is 1. The van der Waals surface area contributed by atoms with Crippen LogP contribution in [0.2, 0.25) is 0 Å². The fraction of sp³-hybridized carbons (Fsp3) is 0.737. The Balaban J connectivity index is 1.59. The highest BCUT2D eigenvalue weighted by Crippen LogP contribution is 2.59. The quantitative estimate of drug-likeness (QED) is 0.679. The molecule has 4 fully saturated rings. The lowest BCUT2D eigenvalue weighted by atomic mass is 9.79. The third-order valence-electron chi connectivity index (χ3n) is 6.64. The highest BCUT2D eigenvalue weighted by molar-refractivity contribution is 5.93. The monoisotopic (exact) mass is 347 g/mol. The fourth-order valence-electron chi connectivity index (χ4n) is 5.65. The van der Waals surface area contributed by atoms with Gasteiger partial charge < -0.3 is 18.9 Å². The van der Waals surface area contributed by atoms with Crippen LogP contribution < -0.4 is 0 Å². The number of piperidine rings is 1. The molecule has 5 atom stereocenters. The Hall–Kier alpha value is -1.53. The molecule has 0 saturated carbocycles. The van der Waals surface area contributed by atoms with Crippen LogP contribution in [0.1, 0.15) is 39.5 Å². The lowest BCUT2D eigenvalue weighted by Crippen LogP contribution is -2.49. The minimum Gasteiger partial charge on any atom is -0.492 e. The van der Waals surface area contributed by atoms with Crippen molar-refractivity contribution in [2.24, 2.45) is 11.8 Å². The number of carbonyl (C=O) groups excluding carboxylic acids is 1. The molecule has 0 unspecified atom stereocenters. The number of hydrogen-bond acceptors (Lipinski definition) is 6. The van der Waals surface area contributed by atoms with Crippen molar-refractivity contribution in [3.8, 4) is 0 Å². The van der Waals surface area contributed by atoms with Crippen molar-refractivity contribution >= 4 is 5.97 Å². The average Bonchev–Trinajstić information content (AvgIpc) is 3.11. The molecule has 0 aromatic rings. The van der Waals surface area contributed by atoms with Crippen molar-refractivity contribution in [1.29, 1.82) is 0 Å². The molecule has 0 N–H and O–H groups in total. The molecule has 0 spiro atoms. The predicted molar refractivity (Wildman–Crippen MR) is 88.0 cm³/mol. The summed E-state index contributed by atoms with van der Waals surface area (Å²) in [7, 11) is 1.57. The first-order valence-electron chi connectivity index (χ1n) is 9.38. The molecule has 0 aliphatic carbocycles. The maximum atomic E-state index is 12.0. The van der Waals surface area contributed by atoms with Gasteiger partial charge in [-0.15, -0.1) is 0 Å². The topological polar surface area (TPSA) is 57.2 Å². The van der Waals surface area contributed by atoms with Crippen LogP contribution in [0.15, 0.2) is 22.9 Å². The first kappa shape index (κ1) is 15.7. The van der Waals surface area contributed by atoms with E-state index in [1.165, 1.54) is 6.42 Å². The van der Waals surface area contributed by atoms with Crippen LogP contribution >= 0.6 is 0 Å². The van der Waals surface area contributed by atoms with E-state index in [4.69, 9.17) is 18.9 Å². The normalized spacial score (nSPS) is 46.0. The average molecular weight is 347 g/mol. The third-order valence-corrected chi connectivity index (χ3v) is 6.64. The molecule has 0 aromatic heterocycles. The van der Waals surface area contributed by atoms with Crippen LogP contribution in [0.5, 0.6) is 0 Å². The van der Waals surface area contributed by atoms with Crippen molar-refractivity contribution in [2.45, 2.75) is 57.5 Å². The van der Waals surface area contributed by atoms with E-state index in [9.17, 15) is 4.79 Å². The van der Waals surface area contributed by atoms with E-state index in [1.54, 1.807) is 14.0 Å². The Morgan fingerprint density at radius 3 is 2.88 bits per heavy atom. The highest BCUT2D eigenvalue weighted by atomic mass is 16.7. The molecule has 6 heteroatoms. The molecule has 25 heavy (non-hydrogen) atoms. The Morgan fingerprint density at radius 2 is 2.08 bits per heavy atom. The number of cyclic esters (lactones) is 1. The standard InChI is InChI=1S/C19H25NO5/c1-10-13-14-12-6-4-8-20(14)9-5-7-19(13,24-12)25-16(10)17-15(22-3)11(2)18(21)23-17/h10,12-14H,4-9H2,1-3H3/t10-,12-,13+,14-,19+/m0/s1. The Bertz CT molecular complexity index is 692. The lowest BCUT2D eigenvalue weighted by Gasteiger charge is -2.39. The van der Waals surface area contributed by atoms with Gasteiger partial charge in [0.1, 0.15) is 5.76 Å². The highest BCUT2D eigenvalue weighted by Gasteiger charge is 2.67. The summed E-state index contributed by atoms with van der Waals surface area (Å²) in [6.07, 6.45) is 4.53. The summed E-state index contributed by atoms with van der Waals surface area (Å²) in [6, 6.07) is 0.400. The van der Waals surface area contributed by atoms with Crippen molar-refractivity contribution in [3.05, 3.63) is 22.9 Å². The molecule has 5 aliphatic rings. The minimum absolute atomic E-state index is 0.132. The van der Waals surface area contributed by atoms with Crippen molar-refractivity contribution in [2.75, 3.05) is 20.2 Å². The summed E-state index contributed by atoms with van der Waals surface area (Å²) >= 11 is 0. The van der Waals surface area contributed by atoms with E-state index in [0.717, 1.165) is 38.1 Å². The predicted octanol–water partition coefficient (Wildman–Crippen LogP) is 2.31. The SMILES string of the molecule is COC1=C(C)C(=O)OC1=C1O[C@@]23CCCN4CCC[C@H](O2)[C@H]4[C@H]3[C@@H]1C. The second-order valence-corrected chi connectivity index (χ2v) is 7.90. The summed E-state index contributed by atoms with van der Waals surface area (Å²) in [6.45, 7) is 6.17. The van der Waals surface area contributed by atoms with Gasteiger partial charge in [0.05, 0.1) is 24.7 Å². The van der Waals surface area contributed by atoms with Crippen LogP contribution in [0.4, 0.5) is 0 Å². The zero-order chi connectivity index (χ0) is 17.3. The third kappa shape index (κ3) is 1.95. The van der Waals surface area contributed by atoms with Gasteiger partial charge in [-0.2, -0.15) is 0 Å². The Labute approximate surface area is 147 Å². The van der Waals surface area contributed by atoms with Crippen LogP contribution in [-0.4, -0.2) is 49.0 Å². The van der Waals surface area contributed by atoms with E-state index >= 15 is 0 Å². The zero-order valence-electron chi connectivity index (χ0n) is 15.0. The van der Waals surface area contributed by atoms with Gasteiger partial charge in [-0.05, 0) is 39.3 Å².